The molecule has 1 saturated carbocycles. The Bertz CT molecular complexity index is 529. The van der Waals surface area contributed by atoms with Gasteiger partial charge in [0.25, 0.3) is 0 Å². The van der Waals surface area contributed by atoms with Crippen molar-refractivity contribution in [3.05, 3.63) is 17.0 Å². The molecule has 0 amide bonds. The summed E-state index contributed by atoms with van der Waals surface area (Å²) in [7, 11) is -2.93. The van der Waals surface area contributed by atoms with E-state index in [0.29, 0.717) is 19.0 Å². The van der Waals surface area contributed by atoms with E-state index in [1.807, 2.05) is 4.68 Å². The molecule has 3 rings (SSSR count). The highest BCUT2D eigenvalue weighted by Gasteiger charge is 2.33. The van der Waals surface area contributed by atoms with Gasteiger partial charge in [-0.2, -0.15) is 5.10 Å². The summed E-state index contributed by atoms with van der Waals surface area (Å²) in [5.74, 6) is 0.332. The fraction of sp³-hybridized carbons (Fsp3) is 0.700. The average molecular weight is 241 g/mol. The second kappa shape index (κ2) is 3.30. The number of nitrogens with zero attached hydrogens (tertiary/aromatic N) is 2. The van der Waals surface area contributed by atoms with Gasteiger partial charge in [0.2, 0.25) is 0 Å². The molecule has 1 aromatic rings. The van der Waals surface area contributed by atoms with Gasteiger partial charge in [0, 0.05) is 6.54 Å². The van der Waals surface area contributed by atoms with Crippen molar-refractivity contribution in [1.29, 1.82) is 0 Å². The highest BCUT2D eigenvalue weighted by Crippen LogP contribution is 2.37. The van der Waals surface area contributed by atoms with Gasteiger partial charge in [-0.15, -0.1) is 0 Å². The van der Waals surface area contributed by atoms with E-state index in [1.54, 1.807) is 0 Å². The van der Waals surface area contributed by atoms with Gasteiger partial charge in [-0.3, -0.25) is 4.68 Å². The topological polar surface area (TPSA) is 78.0 Å². The first-order valence-electron chi connectivity index (χ1n) is 5.60. The molecule has 2 aliphatic rings. The summed E-state index contributed by atoms with van der Waals surface area (Å²) in [5, 5.41) is 4.44. The molecule has 0 radical (unpaired) electrons. The zero-order chi connectivity index (χ0) is 11.3. The molecule has 6 heteroatoms. The normalized spacial score (nSPS) is 23.1. The zero-order valence-corrected chi connectivity index (χ0v) is 9.83. The van der Waals surface area contributed by atoms with Crippen LogP contribution in [-0.4, -0.2) is 24.0 Å². The smallest absolute Gasteiger partial charge is 0.156 e. The van der Waals surface area contributed by atoms with E-state index in [9.17, 15) is 8.42 Å². The second-order valence-corrected chi connectivity index (χ2v) is 6.78. The van der Waals surface area contributed by atoms with E-state index in [0.717, 1.165) is 29.8 Å². The molecule has 0 bridgehead atoms. The monoisotopic (exact) mass is 241 g/mol. The molecule has 0 spiro atoms. The van der Waals surface area contributed by atoms with Crippen LogP contribution in [0.4, 0.5) is 0 Å². The van der Waals surface area contributed by atoms with Crippen LogP contribution in [0.2, 0.25) is 0 Å². The van der Waals surface area contributed by atoms with Gasteiger partial charge in [-0.1, -0.05) is 0 Å². The number of nitrogens with two attached hydrogens (primary N) is 1. The molecule has 88 valence electrons. The minimum Gasteiger partial charge on any atom is -0.325 e. The molecule has 1 aliphatic heterocycles. The van der Waals surface area contributed by atoms with Crippen molar-refractivity contribution in [2.75, 3.05) is 5.75 Å². The highest BCUT2D eigenvalue weighted by molar-refractivity contribution is 7.90. The maximum absolute atomic E-state index is 11.5. The number of hydrogen-bond acceptors (Lipinski definition) is 4. The first-order chi connectivity index (χ1) is 7.61. The van der Waals surface area contributed by atoms with E-state index < -0.39 is 9.84 Å². The van der Waals surface area contributed by atoms with Crippen LogP contribution >= 0.6 is 0 Å². The van der Waals surface area contributed by atoms with Crippen molar-refractivity contribution in [2.45, 2.75) is 37.6 Å². The molecule has 0 aromatic carbocycles. The van der Waals surface area contributed by atoms with Crippen molar-refractivity contribution in [3.8, 4) is 0 Å². The van der Waals surface area contributed by atoms with Crippen LogP contribution in [0.1, 0.15) is 35.8 Å². The number of rotatable bonds is 2. The van der Waals surface area contributed by atoms with Crippen LogP contribution in [0.3, 0.4) is 0 Å². The maximum Gasteiger partial charge on any atom is 0.156 e. The number of hydrogen-bond donors (Lipinski definition) is 1. The predicted molar refractivity (Wildman–Crippen MR) is 59.6 cm³/mol. The fourth-order valence-electron chi connectivity index (χ4n) is 2.34. The van der Waals surface area contributed by atoms with E-state index in [4.69, 9.17) is 5.73 Å². The Hall–Kier alpha value is -0.880. The molecule has 1 fully saturated rings. The lowest BCUT2D eigenvalue weighted by Gasteiger charge is -2.11. The molecule has 1 aromatic heterocycles. The van der Waals surface area contributed by atoms with Gasteiger partial charge in [0.1, 0.15) is 0 Å². The Morgan fingerprint density at radius 3 is 2.81 bits per heavy atom. The summed E-state index contributed by atoms with van der Waals surface area (Å²) in [6.45, 7) is 0.457. The third-order valence-electron chi connectivity index (χ3n) is 3.31. The van der Waals surface area contributed by atoms with E-state index >= 15 is 0 Å². The summed E-state index contributed by atoms with van der Waals surface area (Å²) < 4.78 is 25.0. The predicted octanol–water partition coefficient (Wildman–Crippen LogP) is 0.148. The SMILES string of the molecule is NCc1c2c(nn1C1CC1)CS(=O)(=O)CC2. The molecule has 1 aliphatic carbocycles. The van der Waals surface area contributed by atoms with E-state index in [2.05, 4.69) is 5.10 Å². The third-order valence-corrected chi connectivity index (χ3v) is 4.85. The van der Waals surface area contributed by atoms with Gasteiger partial charge in [-0.25, -0.2) is 8.42 Å². The first kappa shape index (κ1) is 10.3. The zero-order valence-electron chi connectivity index (χ0n) is 9.02. The van der Waals surface area contributed by atoms with Crippen LogP contribution in [0, 0.1) is 0 Å². The summed E-state index contributed by atoms with van der Waals surface area (Å²) in [6, 6.07) is 0.465. The van der Waals surface area contributed by atoms with Gasteiger partial charge in [0.15, 0.2) is 9.84 Å². The van der Waals surface area contributed by atoms with Crippen molar-refractivity contribution in [2.24, 2.45) is 5.73 Å². The van der Waals surface area contributed by atoms with Crippen LogP contribution in [0.25, 0.3) is 0 Å². The molecular weight excluding hydrogens is 226 g/mol. The largest absolute Gasteiger partial charge is 0.325 e. The minimum absolute atomic E-state index is 0.0923. The molecule has 5 nitrogen and oxygen atoms in total. The first-order valence-corrected chi connectivity index (χ1v) is 7.42. The van der Waals surface area contributed by atoms with Gasteiger partial charge in [0.05, 0.1) is 28.9 Å². The maximum atomic E-state index is 11.5. The van der Waals surface area contributed by atoms with E-state index in [-0.39, 0.29) is 11.5 Å². The summed E-state index contributed by atoms with van der Waals surface area (Å²) in [6.07, 6.45) is 2.86. The van der Waals surface area contributed by atoms with Crippen molar-refractivity contribution >= 4 is 9.84 Å². The highest BCUT2D eigenvalue weighted by atomic mass is 32.2. The molecule has 0 unspecified atom stereocenters. The van der Waals surface area contributed by atoms with E-state index in [1.165, 1.54) is 0 Å². The molecule has 2 N–H and O–H groups in total. The van der Waals surface area contributed by atoms with Gasteiger partial charge < -0.3 is 5.73 Å². The van der Waals surface area contributed by atoms with Crippen LogP contribution < -0.4 is 5.73 Å². The van der Waals surface area contributed by atoms with Crippen molar-refractivity contribution in [1.82, 2.24) is 9.78 Å². The Morgan fingerprint density at radius 1 is 1.44 bits per heavy atom. The van der Waals surface area contributed by atoms with Gasteiger partial charge >= 0.3 is 0 Å². The lowest BCUT2D eigenvalue weighted by molar-refractivity contribution is 0.587. The van der Waals surface area contributed by atoms with Crippen LogP contribution in [0.15, 0.2) is 0 Å². The Kier molecular flexibility index (Phi) is 2.12. The number of aromatic nitrogens is 2. The minimum atomic E-state index is -2.93. The van der Waals surface area contributed by atoms with Crippen LogP contribution in [-0.2, 0) is 28.6 Å². The summed E-state index contributed by atoms with van der Waals surface area (Å²) in [4.78, 5) is 0. The number of sulfone groups is 1. The molecule has 0 saturated heterocycles. The quantitative estimate of drug-likeness (QED) is 0.799. The Balaban J connectivity index is 2.09. The standard InChI is InChI=1S/C10H15N3O2S/c11-5-10-8-3-4-16(14,15)6-9(8)12-13(10)7-1-2-7/h7H,1-6,11H2. The van der Waals surface area contributed by atoms with Gasteiger partial charge in [-0.05, 0) is 24.8 Å². The molecular formula is C10H15N3O2S. The Labute approximate surface area is 94.5 Å². The summed E-state index contributed by atoms with van der Waals surface area (Å²) in [5.41, 5.74) is 8.61. The number of fused-ring (bicyclic) bond motifs is 1. The van der Waals surface area contributed by atoms with Crippen molar-refractivity contribution < 1.29 is 8.42 Å². The van der Waals surface area contributed by atoms with Crippen LogP contribution in [0.5, 0.6) is 0 Å². The fourth-order valence-corrected chi connectivity index (χ4v) is 3.64. The average Bonchev–Trinajstić information content (AvgIpc) is 2.99. The summed E-state index contributed by atoms with van der Waals surface area (Å²) >= 11 is 0. The lowest BCUT2D eigenvalue weighted by atomic mass is 10.1. The third kappa shape index (κ3) is 1.56. The second-order valence-electron chi connectivity index (χ2n) is 4.59. The lowest BCUT2D eigenvalue weighted by Crippen LogP contribution is -2.19. The Morgan fingerprint density at radius 2 is 2.19 bits per heavy atom. The molecule has 0 atom stereocenters. The molecule has 16 heavy (non-hydrogen) atoms. The van der Waals surface area contributed by atoms with Crippen molar-refractivity contribution in [3.63, 3.8) is 0 Å². The molecule has 2 heterocycles.